The second-order valence-electron chi connectivity index (χ2n) is 7.98. The van der Waals surface area contributed by atoms with Crippen molar-refractivity contribution in [3.8, 4) is 5.82 Å². The van der Waals surface area contributed by atoms with E-state index in [-0.39, 0.29) is 23.1 Å². The molecule has 1 N–H and O–H groups in total. The number of rotatable bonds is 4. The molecule has 0 unspecified atom stereocenters. The molecule has 1 aliphatic carbocycles. The number of carbonyl (C=O) groups is 2. The van der Waals surface area contributed by atoms with Crippen LogP contribution in [0.4, 0.5) is 0 Å². The zero-order valence-electron chi connectivity index (χ0n) is 16.0. The third-order valence-electron chi connectivity index (χ3n) is 5.69. The number of carbonyl (C=O) groups excluding carboxylic acids is 2. The molecule has 2 aromatic heterocycles. The molecular weight excluding hydrogens is 342 g/mol. The van der Waals surface area contributed by atoms with E-state index >= 15 is 0 Å². The average molecular weight is 367 g/mol. The molecule has 1 saturated heterocycles. The molecule has 7 heteroatoms. The molecule has 0 radical (unpaired) electrons. The SMILES string of the molecule is CNC(=O)[C@@H]1CC2(CC2)CN1C(=O)c1cc(C(C)C)n(-c2ccccn2)n1. The Kier molecular flexibility index (Phi) is 4.25. The molecule has 4 rings (SSSR count). The predicted molar refractivity (Wildman–Crippen MR) is 101 cm³/mol. The Balaban J connectivity index is 1.68. The van der Waals surface area contributed by atoms with Crippen molar-refractivity contribution in [2.75, 3.05) is 13.6 Å². The van der Waals surface area contributed by atoms with Gasteiger partial charge in [-0.1, -0.05) is 19.9 Å². The highest BCUT2D eigenvalue weighted by atomic mass is 16.2. The number of pyridine rings is 1. The van der Waals surface area contributed by atoms with Gasteiger partial charge in [0.25, 0.3) is 5.91 Å². The van der Waals surface area contributed by atoms with Crippen LogP contribution in [0.3, 0.4) is 0 Å². The quantitative estimate of drug-likeness (QED) is 0.898. The number of amides is 2. The molecule has 2 aliphatic rings. The maximum Gasteiger partial charge on any atom is 0.275 e. The van der Waals surface area contributed by atoms with Gasteiger partial charge in [0.1, 0.15) is 6.04 Å². The Morgan fingerprint density at radius 3 is 2.67 bits per heavy atom. The number of likely N-dealkylation sites (N-methyl/N-ethyl adjacent to an activating group) is 1. The Bertz CT molecular complexity index is 870. The summed E-state index contributed by atoms with van der Waals surface area (Å²) < 4.78 is 1.73. The summed E-state index contributed by atoms with van der Waals surface area (Å²) in [5.74, 6) is 0.594. The molecule has 1 spiro atoms. The first-order valence-electron chi connectivity index (χ1n) is 9.48. The van der Waals surface area contributed by atoms with Crippen LogP contribution in [0.25, 0.3) is 5.82 Å². The number of aromatic nitrogens is 3. The third kappa shape index (κ3) is 3.11. The summed E-state index contributed by atoms with van der Waals surface area (Å²) in [7, 11) is 1.62. The monoisotopic (exact) mass is 367 g/mol. The number of nitrogens with zero attached hydrogens (tertiary/aromatic N) is 4. The minimum Gasteiger partial charge on any atom is -0.357 e. The van der Waals surface area contributed by atoms with Gasteiger partial charge in [-0.15, -0.1) is 0 Å². The summed E-state index contributed by atoms with van der Waals surface area (Å²) in [6, 6.07) is 7.04. The van der Waals surface area contributed by atoms with E-state index in [1.165, 1.54) is 0 Å². The molecule has 0 bridgehead atoms. The lowest BCUT2D eigenvalue weighted by Crippen LogP contribution is -2.45. The highest BCUT2D eigenvalue weighted by molar-refractivity contribution is 5.97. The molecule has 2 aromatic rings. The van der Waals surface area contributed by atoms with Crippen LogP contribution in [0.2, 0.25) is 0 Å². The highest BCUT2D eigenvalue weighted by Crippen LogP contribution is 2.55. The number of nitrogens with one attached hydrogen (secondary N) is 1. The van der Waals surface area contributed by atoms with Crippen molar-refractivity contribution in [2.24, 2.45) is 5.41 Å². The summed E-state index contributed by atoms with van der Waals surface area (Å²) in [5.41, 5.74) is 1.43. The van der Waals surface area contributed by atoms with Crippen LogP contribution in [0.1, 0.15) is 55.2 Å². The molecule has 1 aliphatic heterocycles. The largest absolute Gasteiger partial charge is 0.357 e. The smallest absolute Gasteiger partial charge is 0.275 e. The van der Waals surface area contributed by atoms with Crippen LogP contribution in [-0.4, -0.2) is 51.1 Å². The van der Waals surface area contributed by atoms with E-state index in [0.717, 1.165) is 25.0 Å². The maximum absolute atomic E-state index is 13.3. The first-order valence-corrected chi connectivity index (χ1v) is 9.48. The lowest BCUT2D eigenvalue weighted by Gasteiger charge is -2.22. The summed E-state index contributed by atoms with van der Waals surface area (Å²) >= 11 is 0. The molecule has 2 amide bonds. The van der Waals surface area contributed by atoms with Gasteiger partial charge in [-0.3, -0.25) is 9.59 Å². The molecule has 0 aromatic carbocycles. The molecule has 3 heterocycles. The van der Waals surface area contributed by atoms with Gasteiger partial charge in [-0.05, 0) is 48.8 Å². The fraction of sp³-hybridized carbons (Fsp3) is 0.500. The van der Waals surface area contributed by atoms with Gasteiger partial charge in [0.05, 0.1) is 0 Å². The van der Waals surface area contributed by atoms with Gasteiger partial charge in [0.15, 0.2) is 11.5 Å². The van der Waals surface area contributed by atoms with Crippen molar-refractivity contribution in [3.63, 3.8) is 0 Å². The van der Waals surface area contributed by atoms with Gasteiger partial charge >= 0.3 is 0 Å². The van der Waals surface area contributed by atoms with Gasteiger partial charge in [0.2, 0.25) is 5.91 Å². The number of hydrogen-bond acceptors (Lipinski definition) is 4. The topological polar surface area (TPSA) is 80.1 Å². The zero-order valence-corrected chi connectivity index (χ0v) is 16.0. The summed E-state index contributed by atoms with van der Waals surface area (Å²) in [4.78, 5) is 31.7. The van der Waals surface area contributed by atoms with E-state index in [1.807, 2.05) is 24.3 Å². The fourth-order valence-corrected chi connectivity index (χ4v) is 3.93. The second kappa shape index (κ2) is 6.48. The van der Waals surface area contributed by atoms with Crippen molar-refractivity contribution >= 4 is 11.8 Å². The van der Waals surface area contributed by atoms with E-state index in [2.05, 4.69) is 29.2 Å². The van der Waals surface area contributed by atoms with Crippen molar-refractivity contribution < 1.29 is 9.59 Å². The minimum atomic E-state index is -0.410. The van der Waals surface area contributed by atoms with Gasteiger partial charge in [-0.25, -0.2) is 9.67 Å². The van der Waals surface area contributed by atoms with Crippen LogP contribution in [0, 0.1) is 5.41 Å². The van der Waals surface area contributed by atoms with E-state index in [4.69, 9.17) is 0 Å². The first kappa shape index (κ1) is 17.7. The predicted octanol–water partition coefficient (Wildman–Crippen LogP) is 2.13. The first-order chi connectivity index (χ1) is 12.9. The van der Waals surface area contributed by atoms with Crippen LogP contribution in [0.5, 0.6) is 0 Å². The van der Waals surface area contributed by atoms with Crippen LogP contribution >= 0.6 is 0 Å². The summed E-state index contributed by atoms with van der Waals surface area (Å²) in [5, 5.41) is 7.27. The summed E-state index contributed by atoms with van der Waals surface area (Å²) in [6.45, 7) is 4.76. The van der Waals surface area contributed by atoms with Crippen molar-refractivity contribution in [3.05, 3.63) is 41.9 Å². The molecular formula is C20H25N5O2. The van der Waals surface area contributed by atoms with Crippen molar-refractivity contribution in [2.45, 2.75) is 45.1 Å². The lowest BCUT2D eigenvalue weighted by molar-refractivity contribution is -0.124. The fourth-order valence-electron chi connectivity index (χ4n) is 3.93. The average Bonchev–Trinajstić information content (AvgIpc) is 3.12. The Hall–Kier alpha value is -2.70. The third-order valence-corrected chi connectivity index (χ3v) is 5.69. The van der Waals surface area contributed by atoms with Gasteiger partial charge in [0, 0.05) is 25.5 Å². The van der Waals surface area contributed by atoms with Gasteiger partial charge < -0.3 is 10.2 Å². The van der Waals surface area contributed by atoms with Crippen LogP contribution < -0.4 is 5.32 Å². The van der Waals surface area contributed by atoms with E-state index in [1.54, 1.807) is 22.8 Å². The molecule has 1 atom stereocenters. The highest BCUT2D eigenvalue weighted by Gasteiger charge is 2.55. The lowest BCUT2D eigenvalue weighted by atomic mass is 10.0. The maximum atomic E-state index is 13.3. The van der Waals surface area contributed by atoms with Crippen molar-refractivity contribution in [1.82, 2.24) is 25.0 Å². The number of hydrogen-bond donors (Lipinski definition) is 1. The van der Waals surface area contributed by atoms with E-state index in [0.29, 0.717) is 18.1 Å². The molecule has 1 saturated carbocycles. The van der Waals surface area contributed by atoms with Gasteiger partial charge in [-0.2, -0.15) is 5.10 Å². The summed E-state index contributed by atoms with van der Waals surface area (Å²) in [6.07, 6.45) is 4.63. The minimum absolute atomic E-state index is 0.0969. The standard InChI is InChI=1S/C20H25N5O2/c1-13(2)15-10-14(23-25(15)17-6-4-5-9-22-17)19(27)24-12-20(7-8-20)11-16(24)18(26)21-3/h4-6,9-10,13,16H,7-8,11-12H2,1-3H3,(H,21,26)/t16-/m0/s1. The zero-order chi connectivity index (χ0) is 19.2. The van der Waals surface area contributed by atoms with Crippen LogP contribution in [-0.2, 0) is 4.79 Å². The van der Waals surface area contributed by atoms with E-state index < -0.39 is 6.04 Å². The molecule has 142 valence electrons. The normalized spacial score (nSPS) is 20.3. The Morgan fingerprint density at radius 2 is 2.07 bits per heavy atom. The second-order valence-corrected chi connectivity index (χ2v) is 7.98. The Morgan fingerprint density at radius 1 is 1.30 bits per heavy atom. The molecule has 27 heavy (non-hydrogen) atoms. The van der Waals surface area contributed by atoms with E-state index in [9.17, 15) is 9.59 Å². The van der Waals surface area contributed by atoms with Crippen molar-refractivity contribution in [1.29, 1.82) is 0 Å². The molecule has 7 nitrogen and oxygen atoms in total. The van der Waals surface area contributed by atoms with Crippen LogP contribution in [0.15, 0.2) is 30.5 Å². The Labute approximate surface area is 158 Å². The molecule has 2 fully saturated rings. The number of likely N-dealkylation sites (tertiary alicyclic amines) is 1.